The van der Waals surface area contributed by atoms with Crippen molar-refractivity contribution in [1.82, 2.24) is 4.57 Å². The highest BCUT2D eigenvalue weighted by atomic mass is 127. The van der Waals surface area contributed by atoms with Crippen LogP contribution in [-0.2, 0) is 18.2 Å². The fraction of sp³-hybridized carbons (Fsp3) is 0.176. The van der Waals surface area contributed by atoms with E-state index in [9.17, 15) is 14.0 Å². The molecule has 0 N–H and O–H groups in total. The minimum absolute atomic E-state index is 0.0650. The van der Waals surface area contributed by atoms with Crippen LogP contribution in [0.15, 0.2) is 39.7 Å². The molecule has 0 fully saturated rings. The van der Waals surface area contributed by atoms with Crippen molar-refractivity contribution in [2.24, 2.45) is 7.05 Å². The molecule has 0 unspecified atom stereocenters. The Morgan fingerprint density at radius 2 is 2.12 bits per heavy atom. The monoisotopic (exact) mass is 441 g/mol. The summed E-state index contributed by atoms with van der Waals surface area (Å²) in [6, 6.07) is 6.30. The Labute approximate surface area is 150 Å². The third kappa shape index (κ3) is 2.72. The first kappa shape index (κ1) is 16.7. The van der Waals surface area contributed by atoms with E-state index in [1.807, 2.05) is 22.6 Å². The van der Waals surface area contributed by atoms with Crippen LogP contribution < -0.4 is 5.56 Å². The molecule has 0 aliphatic rings. The van der Waals surface area contributed by atoms with Crippen LogP contribution in [-0.4, -0.2) is 17.6 Å². The van der Waals surface area contributed by atoms with Crippen LogP contribution in [0.1, 0.15) is 21.6 Å². The number of esters is 1. The SMILES string of the molecule is COC(=O)c1c(Cc2ccc(I)cc2F)n(C)c(=O)c2ccoc12. The molecule has 2 heterocycles. The first-order chi connectivity index (χ1) is 11.4. The number of aromatic nitrogens is 1. The van der Waals surface area contributed by atoms with Crippen LogP contribution in [0.4, 0.5) is 4.39 Å². The van der Waals surface area contributed by atoms with Crippen LogP contribution in [0.5, 0.6) is 0 Å². The predicted molar refractivity (Wildman–Crippen MR) is 94.7 cm³/mol. The Kier molecular flexibility index (Phi) is 4.44. The molecule has 124 valence electrons. The lowest BCUT2D eigenvalue weighted by molar-refractivity contribution is 0.0599. The lowest BCUT2D eigenvalue weighted by Crippen LogP contribution is -2.25. The number of carbonyl (C=O) groups is 1. The topological polar surface area (TPSA) is 61.4 Å². The fourth-order valence-corrected chi connectivity index (χ4v) is 3.09. The highest BCUT2D eigenvalue weighted by molar-refractivity contribution is 14.1. The van der Waals surface area contributed by atoms with E-state index in [1.165, 1.54) is 30.1 Å². The van der Waals surface area contributed by atoms with Crippen molar-refractivity contribution in [2.45, 2.75) is 6.42 Å². The van der Waals surface area contributed by atoms with Gasteiger partial charge in [0.15, 0.2) is 5.58 Å². The smallest absolute Gasteiger partial charge is 0.343 e. The van der Waals surface area contributed by atoms with Gasteiger partial charge >= 0.3 is 5.97 Å². The summed E-state index contributed by atoms with van der Waals surface area (Å²) in [5.74, 6) is -1.03. The summed E-state index contributed by atoms with van der Waals surface area (Å²) in [5, 5.41) is 0.282. The van der Waals surface area contributed by atoms with Gasteiger partial charge in [0.05, 0.1) is 18.8 Å². The maximum atomic E-state index is 14.2. The molecule has 0 aliphatic heterocycles. The molecule has 24 heavy (non-hydrogen) atoms. The third-order valence-electron chi connectivity index (χ3n) is 3.88. The number of fused-ring (bicyclic) bond motifs is 1. The van der Waals surface area contributed by atoms with Gasteiger partial charge in [-0.05, 0) is 46.4 Å². The van der Waals surface area contributed by atoms with Crippen molar-refractivity contribution in [1.29, 1.82) is 0 Å². The van der Waals surface area contributed by atoms with Crippen molar-refractivity contribution in [2.75, 3.05) is 7.11 Å². The molecule has 3 aromatic rings. The van der Waals surface area contributed by atoms with Gasteiger partial charge in [-0.25, -0.2) is 9.18 Å². The maximum Gasteiger partial charge on any atom is 0.343 e. The van der Waals surface area contributed by atoms with E-state index in [-0.39, 0.29) is 28.5 Å². The standard InChI is InChI=1S/C17H13FINO4/c1-20-13(7-9-3-4-10(19)8-12(9)18)14(17(22)23-2)15-11(16(20)21)5-6-24-15/h3-6,8H,7H2,1-2H3. The average molecular weight is 441 g/mol. The molecule has 7 heteroatoms. The van der Waals surface area contributed by atoms with Crippen molar-refractivity contribution in [3.63, 3.8) is 0 Å². The van der Waals surface area contributed by atoms with E-state index >= 15 is 0 Å². The number of pyridine rings is 1. The van der Waals surface area contributed by atoms with E-state index in [4.69, 9.17) is 9.15 Å². The first-order valence-electron chi connectivity index (χ1n) is 7.05. The molecule has 0 bridgehead atoms. The number of benzene rings is 1. The molecule has 0 atom stereocenters. The number of hydrogen-bond donors (Lipinski definition) is 0. The molecule has 0 saturated carbocycles. The van der Waals surface area contributed by atoms with E-state index < -0.39 is 11.8 Å². The zero-order chi connectivity index (χ0) is 17.4. The van der Waals surface area contributed by atoms with Gasteiger partial charge in [-0.15, -0.1) is 0 Å². The number of ether oxygens (including phenoxy) is 1. The average Bonchev–Trinajstić information content (AvgIpc) is 3.03. The van der Waals surface area contributed by atoms with Gasteiger partial charge in [0.1, 0.15) is 11.4 Å². The normalized spacial score (nSPS) is 11.0. The van der Waals surface area contributed by atoms with E-state index in [1.54, 1.807) is 19.2 Å². The number of hydrogen-bond acceptors (Lipinski definition) is 4. The first-order valence-corrected chi connectivity index (χ1v) is 8.13. The molecule has 0 spiro atoms. The summed E-state index contributed by atoms with van der Waals surface area (Å²) in [6.45, 7) is 0. The van der Waals surface area contributed by atoms with Crippen LogP contribution in [0, 0.1) is 9.39 Å². The fourth-order valence-electron chi connectivity index (χ4n) is 2.64. The second kappa shape index (κ2) is 6.39. The number of nitrogens with zero attached hydrogens (tertiary/aromatic N) is 1. The summed E-state index contributed by atoms with van der Waals surface area (Å²) < 4.78 is 26.5. The highest BCUT2D eigenvalue weighted by Crippen LogP contribution is 2.24. The summed E-state index contributed by atoms with van der Waals surface area (Å²) in [5.41, 5.74) is 0.701. The van der Waals surface area contributed by atoms with Crippen molar-refractivity contribution in [3.05, 3.63) is 67.1 Å². The van der Waals surface area contributed by atoms with Crippen LogP contribution in [0.3, 0.4) is 0 Å². The van der Waals surface area contributed by atoms with Gasteiger partial charge in [-0.3, -0.25) is 4.79 Å². The number of methoxy groups -OCH3 is 1. The van der Waals surface area contributed by atoms with Crippen LogP contribution in [0.2, 0.25) is 0 Å². The molecule has 3 rings (SSSR count). The minimum Gasteiger partial charge on any atom is -0.465 e. The Bertz CT molecular complexity index is 1010. The molecule has 0 saturated heterocycles. The number of furan rings is 1. The summed E-state index contributed by atoms with van der Waals surface area (Å²) in [6.07, 6.45) is 1.41. The number of halogens is 2. The summed E-state index contributed by atoms with van der Waals surface area (Å²) in [4.78, 5) is 24.7. The number of rotatable bonds is 3. The minimum atomic E-state index is -0.633. The molecule has 0 aliphatic carbocycles. The van der Waals surface area contributed by atoms with E-state index in [2.05, 4.69) is 0 Å². The lowest BCUT2D eigenvalue weighted by atomic mass is 10.0. The largest absolute Gasteiger partial charge is 0.465 e. The second-order valence-electron chi connectivity index (χ2n) is 5.25. The molecular formula is C17H13FINO4. The van der Waals surface area contributed by atoms with Gasteiger partial charge in [0.2, 0.25) is 0 Å². The van der Waals surface area contributed by atoms with Crippen LogP contribution in [0.25, 0.3) is 11.0 Å². The Balaban J connectivity index is 2.27. The lowest BCUT2D eigenvalue weighted by Gasteiger charge is -2.14. The van der Waals surface area contributed by atoms with E-state index in [0.717, 1.165) is 3.57 Å². The summed E-state index contributed by atoms with van der Waals surface area (Å²) in [7, 11) is 2.79. The molecule has 0 amide bonds. The van der Waals surface area contributed by atoms with Gasteiger partial charge in [0.25, 0.3) is 5.56 Å². The molecule has 5 nitrogen and oxygen atoms in total. The summed E-state index contributed by atoms with van der Waals surface area (Å²) >= 11 is 2.01. The van der Waals surface area contributed by atoms with Gasteiger partial charge < -0.3 is 13.7 Å². The molecular weight excluding hydrogens is 428 g/mol. The molecule has 1 aromatic carbocycles. The Morgan fingerprint density at radius 3 is 2.79 bits per heavy atom. The van der Waals surface area contributed by atoms with Crippen molar-refractivity contribution < 1.29 is 18.3 Å². The zero-order valence-electron chi connectivity index (χ0n) is 12.9. The molecule has 2 aromatic heterocycles. The molecule has 0 radical (unpaired) electrons. The zero-order valence-corrected chi connectivity index (χ0v) is 15.1. The van der Waals surface area contributed by atoms with Gasteiger partial charge in [-0.1, -0.05) is 6.07 Å². The van der Waals surface area contributed by atoms with Gasteiger partial charge in [0, 0.05) is 22.7 Å². The van der Waals surface area contributed by atoms with E-state index in [0.29, 0.717) is 11.3 Å². The second-order valence-corrected chi connectivity index (χ2v) is 6.50. The Morgan fingerprint density at radius 1 is 1.38 bits per heavy atom. The predicted octanol–water partition coefficient (Wildman–Crippen LogP) is 3.25. The third-order valence-corrected chi connectivity index (χ3v) is 4.55. The van der Waals surface area contributed by atoms with Crippen molar-refractivity contribution >= 4 is 39.5 Å². The number of carbonyl (C=O) groups excluding carboxylic acids is 1. The highest BCUT2D eigenvalue weighted by Gasteiger charge is 2.24. The maximum absolute atomic E-state index is 14.2. The van der Waals surface area contributed by atoms with Gasteiger partial charge in [-0.2, -0.15) is 0 Å². The van der Waals surface area contributed by atoms with Crippen LogP contribution >= 0.6 is 22.6 Å². The quantitative estimate of drug-likeness (QED) is 0.463. The Hall–Kier alpha value is -2.16. The van der Waals surface area contributed by atoms with Crippen molar-refractivity contribution in [3.8, 4) is 0 Å².